The van der Waals surface area contributed by atoms with E-state index in [1.54, 1.807) is 11.0 Å². The van der Waals surface area contributed by atoms with Gasteiger partial charge in [-0.05, 0) is 25.0 Å². The molecule has 0 saturated carbocycles. The standard InChI is InChI=1S/C11H13NO3/c1-8(13)12-6-2-4-11(12)5-3-9(14)10(15)7-11/h3,5,7,15H,2,4,6H2,1H3. The Kier molecular flexibility index (Phi) is 2.14. The molecular weight excluding hydrogens is 194 g/mol. The third kappa shape index (κ3) is 1.46. The number of rotatable bonds is 0. The molecule has 0 aromatic heterocycles. The van der Waals surface area contributed by atoms with Crippen LogP contribution < -0.4 is 0 Å². The van der Waals surface area contributed by atoms with E-state index in [0.29, 0.717) is 6.54 Å². The molecular formula is C11H13NO3. The maximum absolute atomic E-state index is 11.4. The molecule has 1 amide bonds. The predicted molar refractivity (Wildman–Crippen MR) is 54.2 cm³/mol. The van der Waals surface area contributed by atoms with Gasteiger partial charge in [-0.2, -0.15) is 0 Å². The molecule has 0 radical (unpaired) electrons. The molecule has 1 aliphatic heterocycles. The highest BCUT2D eigenvalue weighted by atomic mass is 16.3. The lowest BCUT2D eigenvalue weighted by atomic mass is 9.90. The van der Waals surface area contributed by atoms with Crippen molar-refractivity contribution >= 4 is 11.7 Å². The van der Waals surface area contributed by atoms with Crippen molar-refractivity contribution in [3.8, 4) is 0 Å². The zero-order valence-electron chi connectivity index (χ0n) is 8.56. The van der Waals surface area contributed by atoms with Gasteiger partial charge in [-0.3, -0.25) is 9.59 Å². The minimum atomic E-state index is -0.566. The van der Waals surface area contributed by atoms with Crippen molar-refractivity contribution in [3.63, 3.8) is 0 Å². The van der Waals surface area contributed by atoms with Gasteiger partial charge in [-0.1, -0.05) is 6.08 Å². The lowest BCUT2D eigenvalue weighted by Gasteiger charge is -2.34. The van der Waals surface area contributed by atoms with E-state index in [1.807, 2.05) is 0 Å². The van der Waals surface area contributed by atoms with Gasteiger partial charge in [-0.15, -0.1) is 0 Å². The summed E-state index contributed by atoms with van der Waals surface area (Å²) >= 11 is 0. The summed E-state index contributed by atoms with van der Waals surface area (Å²) in [5, 5.41) is 9.43. The zero-order valence-corrected chi connectivity index (χ0v) is 8.56. The van der Waals surface area contributed by atoms with Crippen molar-refractivity contribution in [2.75, 3.05) is 6.54 Å². The Labute approximate surface area is 87.9 Å². The third-order valence-corrected chi connectivity index (χ3v) is 3.00. The number of nitrogens with zero attached hydrogens (tertiary/aromatic N) is 1. The number of ketones is 1. The second kappa shape index (κ2) is 3.22. The number of aliphatic hydroxyl groups is 1. The fourth-order valence-corrected chi connectivity index (χ4v) is 2.30. The van der Waals surface area contributed by atoms with E-state index in [4.69, 9.17) is 0 Å². The number of aliphatic hydroxyl groups excluding tert-OH is 1. The van der Waals surface area contributed by atoms with Crippen LogP contribution in [0.1, 0.15) is 19.8 Å². The van der Waals surface area contributed by atoms with Crippen molar-refractivity contribution in [1.82, 2.24) is 4.90 Å². The maximum Gasteiger partial charge on any atom is 0.220 e. The minimum Gasteiger partial charge on any atom is -0.504 e. The first-order valence-electron chi connectivity index (χ1n) is 4.99. The third-order valence-electron chi connectivity index (χ3n) is 3.00. The van der Waals surface area contributed by atoms with Gasteiger partial charge in [0.25, 0.3) is 0 Å². The average Bonchev–Trinajstić information content (AvgIpc) is 2.56. The second-order valence-corrected chi connectivity index (χ2v) is 3.99. The smallest absolute Gasteiger partial charge is 0.220 e. The van der Waals surface area contributed by atoms with Crippen molar-refractivity contribution in [3.05, 3.63) is 24.0 Å². The van der Waals surface area contributed by atoms with Gasteiger partial charge in [0.15, 0.2) is 5.76 Å². The van der Waals surface area contributed by atoms with E-state index < -0.39 is 11.3 Å². The van der Waals surface area contributed by atoms with E-state index in [1.165, 1.54) is 19.1 Å². The Bertz CT molecular complexity index is 383. The first-order chi connectivity index (χ1) is 7.05. The molecule has 1 atom stereocenters. The first-order valence-corrected chi connectivity index (χ1v) is 4.99. The molecule has 1 spiro atoms. The second-order valence-electron chi connectivity index (χ2n) is 3.99. The highest BCUT2D eigenvalue weighted by molar-refractivity contribution is 6.03. The SMILES string of the molecule is CC(=O)N1CCCC12C=CC(=O)C(O)=C2. The predicted octanol–water partition coefficient (Wildman–Crippen LogP) is 0.948. The van der Waals surface area contributed by atoms with Gasteiger partial charge in [-0.25, -0.2) is 0 Å². The molecule has 1 N–H and O–H groups in total. The van der Waals surface area contributed by atoms with Crippen LogP contribution in [0.5, 0.6) is 0 Å². The normalized spacial score (nSPS) is 29.8. The topological polar surface area (TPSA) is 57.6 Å². The molecule has 0 bridgehead atoms. The van der Waals surface area contributed by atoms with Crippen LogP contribution in [0.15, 0.2) is 24.0 Å². The Hall–Kier alpha value is -1.58. The average molecular weight is 207 g/mol. The van der Waals surface area contributed by atoms with Crippen LogP contribution in [-0.2, 0) is 9.59 Å². The number of amides is 1. The number of hydrogen-bond donors (Lipinski definition) is 1. The van der Waals surface area contributed by atoms with E-state index >= 15 is 0 Å². The van der Waals surface area contributed by atoms with Crippen LogP contribution in [0.4, 0.5) is 0 Å². The van der Waals surface area contributed by atoms with E-state index in [-0.39, 0.29) is 11.7 Å². The summed E-state index contributed by atoms with van der Waals surface area (Å²) in [4.78, 5) is 24.2. The molecule has 1 unspecified atom stereocenters. The van der Waals surface area contributed by atoms with Crippen molar-refractivity contribution < 1.29 is 14.7 Å². The number of hydrogen-bond acceptors (Lipinski definition) is 3. The lowest BCUT2D eigenvalue weighted by Crippen LogP contribution is -2.45. The van der Waals surface area contributed by atoms with Crippen molar-refractivity contribution in [2.24, 2.45) is 0 Å². The van der Waals surface area contributed by atoms with Crippen LogP contribution in [-0.4, -0.2) is 33.8 Å². The maximum atomic E-state index is 11.4. The van der Waals surface area contributed by atoms with Gasteiger partial charge in [0.2, 0.25) is 11.7 Å². The van der Waals surface area contributed by atoms with Gasteiger partial charge >= 0.3 is 0 Å². The lowest BCUT2D eigenvalue weighted by molar-refractivity contribution is -0.130. The summed E-state index contributed by atoms with van der Waals surface area (Å²) in [6.07, 6.45) is 6.20. The molecule has 80 valence electrons. The summed E-state index contributed by atoms with van der Waals surface area (Å²) in [6.45, 7) is 2.18. The fraction of sp³-hybridized carbons (Fsp3) is 0.455. The van der Waals surface area contributed by atoms with E-state index in [9.17, 15) is 14.7 Å². The van der Waals surface area contributed by atoms with Gasteiger partial charge in [0.05, 0.1) is 5.54 Å². The molecule has 0 aromatic carbocycles. The fourth-order valence-electron chi connectivity index (χ4n) is 2.30. The molecule has 2 rings (SSSR count). The van der Waals surface area contributed by atoms with Crippen molar-refractivity contribution in [2.45, 2.75) is 25.3 Å². The highest BCUT2D eigenvalue weighted by Gasteiger charge is 2.41. The number of carbonyl (C=O) groups excluding carboxylic acids is 2. The van der Waals surface area contributed by atoms with E-state index in [0.717, 1.165) is 12.8 Å². The van der Waals surface area contributed by atoms with Crippen molar-refractivity contribution in [1.29, 1.82) is 0 Å². The summed E-state index contributed by atoms with van der Waals surface area (Å²) in [7, 11) is 0. The van der Waals surface area contributed by atoms with Crippen LogP contribution in [0.3, 0.4) is 0 Å². The Morgan fingerprint density at radius 1 is 1.60 bits per heavy atom. The molecule has 1 heterocycles. The monoisotopic (exact) mass is 207 g/mol. The molecule has 4 heteroatoms. The van der Waals surface area contributed by atoms with Gasteiger partial charge in [0.1, 0.15) is 0 Å². The molecule has 1 fully saturated rings. The number of likely N-dealkylation sites (tertiary alicyclic amines) is 1. The molecule has 2 aliphatic rings. The molecule has 4 nitrogen and oxygen atoms in total. The Balaban J connectivity index is 2.38. The molecule has 15 heavy (non-hydrogen) atoms. The summed E-state index contributed by atoms with van der Waals surface area (Å²) < 4.78 is 0. The zero-order chi connectivity index (χ0) is 11.1. The van der Waals surface area contributed by atoms with Crippen LogP contribution in [0, 0.1) is 0 Å². The molecule has 1 aliphatic carbocycles. The largest absolute Gasteiger partial charge is 0.504 e. The Morgan fingerprint density at radius 2 is 2.33 bits per heavy atom. The highest BCUT2D eigenvalue weighted by Crippen LogP contribution is 2.34. The van der Waals surface area contributed by atoms with Crippen LogP contribution >= 0.6 is 0 Å². The van der Waals surface area contributed by atoms with E-state index in [2.05, 4.69) is 0 Å². The van der Waals surface area contributed by atoms with Crippen LogP contribution in [0.25, 0.3) is 0 Å². The summed E-state index contributed by atoms with van der Waals surface area (Å²) in [5.41, 5.74) is -0.566. The minimum absolute atomic E-state index is 0.0319. The quantitative estimate of drug-likeness (QED) is 0.643. The number of allylic oxidation sites excluding steroid dienone is 1. The molecule has 0 aromatic rings. The first kappa shape index (κ1) is 9.96. The Morgan fingerprint density at radius 3 is 2.93 bits per heavy atom. The van der Waals surface area contributed by atoms with Gasteiger partial charge < -0.3 is 10.0 Å². The number of carbonyl (C=O) groups is 2. The van der Waals surface area contributed by atoms with Gasteiger partial charge in [0, 0.05) is 13.5 Å². The summed E-state index contributed by atoms with van der Waals surface area (Å²) in [6, 6.07) is 0. The summed E-state index contributed by atoms with van der Waals surface area (Å²) in [5.74, 6) is -0.683. The van der Waals surface area contributed by atoms with Crippen LogP contribution in [0.2, 0.25) is 0 Å². The molecule has 1 saturated heterocycles.